The third-order valence-electron chi connectivity index (χ3n) is 6.84. The molecule has 3 amide bonds. The average molecular weight is 494 g/mol. The summed E-state index contributed by atoms with van der Waals surface area (Å²) in [5, 5.41) is 5.69. The molecule has 0 unspecified atom stereocenters. The van der Waals surface area contributed by atoms with Crippen molar-refractivity contribution in [1.82, 2.24) is 15.1 Å². The highest BCUT2D eigenvalue weighted by Gasteiger charge is 2.35. The Bertz CT molecular complexity index is 1110. The monoisotopic (exact) mass is 493 g/mol. The fraction of sp³-hybridized carbons (Fsp3) is 0.444. The van der Waals surface area contributed by atoms with Gasteiger partial charge in [0.15, 0.2) is 0 Å². The predicted molar refractivity (Wildman–Crippen MR) is 139 cm³/mol. The predicted octanol–water partition coefficient (Wildman–Crippen LogP) is 1.79. The lowest BCUT2D eigenvalue weighted by atomic mass is 10.1. The van der Waals surface area contributed by atoms with Crippen LogP contribution in [0.4, 0.5) is 11.4 Å². The zero-order chi connectivity index (χ0) is 25.7. The van der Waals surface area contributed by atoms with Crippen molar-refractivity contribution in [3.8, 4) is 5.75 Å². The maximum atomic E-state index is 13.2. The summed E-state index contributed by atoms with van der Waals surface area (Å²) in [6.07, 6.45) is -0.0749. The van der Waals surface area contributed by atoms with Crippen molar-refractivity contribution >= 4 is 29.1 Å². The number of rotatable bonds is 7. The van der Waals surface area contributed by atoms with Crippen molar-refractivity contribution in [1.29, 1.82) is 0 Å². The molecule has 0 aliphatic carbocycles. The van der Waals surface area contributed by atoms with Crippen LogP contribution in [0, 0.1) is 13.8 Å². The summed E-state index contributed by atoms with van der Waals surface area (Å²) in [5.74, 6) is 0.132. The van der Waals surface area contributed by atoms with Crippen molar-refractivity contribution < 1.29 is 19.1 Å². The minimum absolute atomic E-state index is 0.0749. The third kappa shape index (κ3) is 6.15. The van der Waals surface area contributed by atoms with E-state index in [1.165, 1.54) is 0 Å². The summed E-state index contributed by atoms with van der Waals surface area (Å²) in [5.41, 5.74) is 3.88. The van der Waals surface area contributed by atoms with Gasteiger partial charge in [-0.25, -0.2) is 0 Å². The number of ether oxygens (including phenoxy) is 1. The maximum Gasteiger partial charge on any atom is 0.243 e. The fourth-order valence-corrected chi connectivity index (χ4v) is 4.80. The highest BCUT2D eigenvalue weighted by atomic mass is 16.5. The summed E-state index contributed by atoms with van der Waals surface area (Å²) < 4.78 is 5.33. The topological polar surface area (TPSA) is 94.2 Å². The Balaban J connectivity index is 1.33. The molecule has 0 radical (unpaired) electrons. The second-order valence-corrected chi connectivity index (χ2v) is 9.43. The molecule has 2 aromatic carbocycles. The van der Waals surface area contributed by atoms with Gasteiger partial charge in [0.1, 0.15) is 11.8 Å². The van der Waals surface area contributed by atoms with Gasteiger partial charge in [0.25, 0.3) is 0 Å². The molecule has 0 bridgehead atoms. The summed E-state index contributed by atoms with van der Waals surface area (Å²) in [7, 11) is 1.66. The van der Waals surface area contributed by atoms with Gasteiger partial charge in [-0.05, 0) is 37.6 Å². The number of piperazine rings is 2. The molecule has 0 spiro atoms. The highest BCUT2D eigenvalue weighted by molar-refractivity contribution is 5.98. The zero-order valence-electron chi connectivity index (χ0n) is 21.3. The number of nitrogens with zero attached hydrogens (tertiary/aromatic N) is 3. The number of carbonyl (C=O) groups excluding carboxylic acids is 3. The number of amides is 3. The van der Waals surface area contributed by atoms with E-state index in [0.717, 1.165) is 48.7 Å². The lowest BCUT2D eigenvalue weighted by Crippen LogP contribution is -2.60. The van der Waals surface area contributed by atoms with Gasteiger partial charge in [-0.3, -0.25) is 19.3 Å². The summed E-state index contributed by atoms with van der Waals surface area (Å²) >= 11 is 0. The molecule has 2 aliphatic heterocycles. The van der Waals surface area contributed by atoms with Crippen LogP contribution in [-0.2, 0) is 14.4 Å². The quantitative estimate of drug-likeness (QED) is 0.611. The van der Waals surface area contributed by atoms with E-state index in [1.807, 2.05) is 50.2 Å². The van der Waals surface area contributed by atoms with E-state index < -0.39 is 6.04 Å². The van der Waals surface area contributed by atoms with E-state index in [1.54, 1.807) is 12.0 Å². The van der Waals surface area contributed by atoms with Gasteiger partial charge in [-0.1, -0.05) is 23.8 Å². The summed E-state index contributed by atoms with van der Waals surface area (Å²) in [6.45, 7) is 8.01. The van der Waals surface area contributed by atoms with Crippen molar-refractivity contribution in [3.05, 3.63) is 53.6 Å². The number of carbonyl (C=O) groups is 3. The van der Waals surface area contributed by atoms with Crippen LogP contribution < -0.4 is 20.3 Å². The molecule has 0 saturated carbocycles. The Hall–Kier alpha value is -3.59. The van der Waals surface area contributed by atoms with Crippen LogP contribution in [0.1, 0.15) is 17.5 Å². The molecule has 2 saturated heterocycles. The number of aryl methyl sites for hydroxylation is 2. The molecule has 2 heterocycles. The molecule has 2 N–H and O–H groups in total. The molecule has 2 fully saturated rings. The van der Waals surface area contributed by atoms with Crippen LogP contribution in [0.3, 0.4) is 0 Å². The number of benzene rings is 2. The SMILES string of the molecule is COc1cccc(N2CCN(CC(=O)N3CCNC(=O)[C@H]3CC(=O)Nc3ccc(C)cc3C)CC2)c1. The fourth-order valence-electron chi connectivity index (χ4n) is 4.80. The smallest absolute Gasteiger partial charge is 0.243 e. The molecule has 2 aliphatic rings. The normalized spacial score (nSPS) is 18.5. The van der Waals surface area contributed by atoms with Crippen LogP contribution in [-0.4, -0.2) is 86.5 Å². The largest absolute Gasteiger partial charge is 0.497 e. The maximum absolute atomic E-state index is 13.2. The Morgan fingerprint density at radius 3 is 2.56 bits per heavy atom. The number of methoxy groups -OCH3 is 1. The van der Waals surface area contributed by atoms with Crippen molar-refractivity contribution in [2.75, 3.05) is 63.1 Å². The molecule has 4 rings (SSSR count). The highest BCUT2D eigenvalue weighted by Crippen LogP contribution is 2.22. The molecule has 1 atom stereocenters. The van der Waals surface area contributed by atoms with E-state index in [0.29, 0.717) is 18.8 Å². The molecule has 36 heavy (non-hydrogen) atoms. The van der Waals surface area contributed by atoms with Gasteiger partial charge in [-0.15, -0.1) is 0 Å². The van der Waals surface area contributed by atoms with Crippen molar-refractivity contribution in [2.24, 2.45) is 0 Å². The molecule has 0 aromatic heterocycles. The number of hydrogen-bond acceptors (Lipinski definition) is 6. The van der Waals surface area contributed by atoms with Gasteiger partial charge in [0, 0.05) is 56.7 Å². The van der Waals surface area contributed by atoms with Crippen LogP contribution in [0.15, 0.2) is 42.5 Å². The first kappa shape index (κ1) is 25.5. The lowest BCUT2D eigenvalue weighted by molar-refractivity contribution is -0.145. The van der Waals surface area contributed by atoms with Crippen LogP contribution in [0.5, 0.6) is 5.75 Å². The van der Waals surface area contributed by atoms with Gasteiger partial charge in [0.05, 0.1) is 20.1 Å². The number of nitrogens with one attached hydrogen (secondary N) is 2. The summed E-state index contributed by atoms with van der Waals surface area (Å²) in [4.78, 5) is 44.6. The number of hydrogen-bond donors (Lipinski definition) is 2. The van der Waals surface area contributed by atoms with Gasteiger partial charge in [0.2, 0.25) is 17.7 Å². The Kier molecular flexibility index (Phi) is 8.10. The second kappa shape index (κ2) is 11.4. The van der Waals surface area contributed by atoms with Gasteiger partial charge in [-0.2, -0.15) is 0 Å². The molecule has 2 aromatic rings. The van der Waals surface area contributed by atoms with E-state index in [2.05, 4.69) is 26.5 Å². The first-order chi connectivity index (χ1) is 17.3. The molecular formula is C27H35N5O4. The standard InChI is InChI=1S/C27H35N5O4/c1-19-7-8-23(20(2)15-19)29-25(33)17-24-27(35)28-9-10-32(24)26(34)18-30-11-13-31(14-12-30)21-5-4-6-22(16-21)36-3/h4-8,15-16,24H,9-14,17-18H2,1-3H3,(H,28,35)(H,29,33)/t24-/m1/s1. The minimum atomic E-state index is -0.810. The van der Waals surface area contributed by atoms with E-state index >= 15 is 0 Å². The lowest BCUT2D eigenvalue weighted by Gasteiger charge is -2.39. The van der Waals surface area contributed by atoms with Crippen LogP contribution in [0.25, 0.3) is 0 Å². The van der Waals surface area contributed by atoms with Gasteiger partial charge >= 0.3 is 0 Å². The van der Waals surface area contributed by atoms with Gasteiger partial charge < -0.3 is 25.2 Å². The van der Waals surface area contributed by atoms with Crippen molar-refractivity contribution in [2.45, 2.75) is 26.3 Å². The molecule has 9 heteroatoms. The first-order valence-electron chi connectivity index (χ1n) is 12.4. The Morgan fingerprint density at radius 1 is 1.06 bits per heavy atom. The van der Waals surface area contributed by atoms with E-state index in [-0.39, 0.29) is 30.7 Å². The molecule has 192 valence electrons. The zero-order valence-corrected chi connectivity index (χ0v) is 21.3. The molecule has 9 nitrogen and oxygen atoms in total. The molecular weight excluding hydrogens is 458 g/mol. The minimum Gasteiger partial charge on any atom is -0.497 e. The second-order valence-electron chi connectivity index (χ2n) is 9.43. The summed E-state index contributed by atoms with van der Waals surface area (Å²) in [6, 6.07) is 12.9. The van der Waals surface area contributed by atoms with Crippen molar-refractivity contribution in [3.63, 3.8) is 0 Å². The van der Waals surface area contributed by atoms with E-state index in [4.69, 9.17) is 4.74 Å². The van der Waals surface area contributed by atoms with Crippen LogP contribution >= 0.6 is 0 Å². The Labute approximate surface area is 212 Å². The Morgan fingerprint density at radius 2 is 1.83 bits per heavy atom. The van der Waals surface area contributed by atoms with E-state index in [9.17, 15) is 14.4 Å². The number of anilines is 2. The average Bonchev–Trinajstić information content (AvgIpc) is 2.87. The van der Waals surface area contributed by atoms with Crippen LogP contribution in [0.2, 0.25) is 0 Å². The first-order valence-corrected chi connectivity index (χ1v) is 12.4. The third-order valence-corrected chi connectivity index (χ3v) is 6.84.